The first kappa shape index (κ1) is 19.2. The van der Waals surface area contributed by atoms with E-state index in [1.807, 2.05) is 0 Å². The van der Waals surface area contributed by atoms with E-state index in [2.05, 4.69) is 6.58 Å². The SMILES string of the molecule is C=CCOC1CCN(CC(=O)OCC)/C1=C/C(=O)OC(C)(C)C. The van der Waals surface area contributed by atoms with Gasteiger partial charge in [0.15, 0.2) is 0 Å². The molecule has 1 aliphatic rings. The summed E-state index contributed by atoms with van der Waals surface area (Å²) in [6.07, 6.45) is 3.50. The zero-order chi connectivity index (χ0) is 17.5. The van der Waals surface area contributed by atoms with Crippen LogP contribution in [0.25, 0.3) is 0 Å². The van der Waals surface area contributed by atoms with Crippen molar-refractivity contribution in [3.63, 3.8) is 0 Å². The second-order valence-electron chi connectivity index (χ2n) is 6.23. The van der Waals surface area contributed by atoms with Crippen molar-refractivity contribution in [2.45, 2.75) is 45.8 Å². The number of nitrogens with zero attached hydrogens (tertiary/aromatic N) is 1. The minimum Gasteiger partial charge on any atom is -0.465 e. The molecule has 0 radical (unpaired) electrons. The molecule has 23 heavy (non-hydrogen) atoms. The molecular formula is C17H27NO5. The monoisotopic (exact) mass is 325 g/mol. The average molecular weight is 325 g/mol. The number of ether oxygens (including phenoxy) is 3. The smallest absolute Gasteiger partial charge is 0.333 e. The summed E-state index contributed by atoms with van der Waals surface area (Å²) in [6, 6.07) is 0. The molecule has 1 fully saturated rings. The molecule has 0 saturated carbocycles. The highest BCUT2D eigenvalue weighted by Gasteiger charge is 2.31. The van der Waals surface area contributed by atoms with Gasteiger partial charge in [0, 0.05) is 12.6 Å². The largest absolute Gasteiger partial charge is 0.465 e. The highest BCUT2D eigenvalue weighted by atomic mass is 16.6. The van der Waals surface area contributed by atoms with Crippen LogP contribution in [0.2, 0.25) is 0 Å². The third kappa shape index (κ3) is 6.86. The Morgan fingerprint density at radius 3 is 2.65 bits per heavy atom. The Balaban J connectivity index is 2.86. The van der Waals surface area contributed by atoms with Gasteiger partial charge in [-0.05, 0) is 34.1 Å². The molecule has 0 aromatic rings. The van der Waals surface area contributed by atoms with Crippen molar-refractivity contribution in [2.75, 3.05) is 26.3 Å². The summed E-state index contributed by atoms with van der Waals surface area (Å²) >= 11 is 0. The lowest BCUT2D eigenvalue weighted by Crippen LogP contribution is -2.30. The Bertz CT molecular complexity index is 464. The number of carbonyl (C=O) groups excluding carboxylic acids is 2. The van der Waals surface area contributed by atoms with E-state index in [0.29, 0.717) is 31.9 Å². The maximum Gasteiger partial charge on any atom is 0.333 e. The Kier molecular flexibility index (Phi) is 7.29. The van der Waals surface area contributed by atoms with Gasteiger partial charge in [0.2, 0.25) is 0 Å². The van der Waals surface area contributed by atoms with Crippen LogP contribution in [-0.4, -0.2) is 54.8 Å². The fraction of sp³-hybridized carbons (Fsp3) is 0.647. The molecule has 0 aromatic heterocycles. The number of likely N-dealkylation sites (tertiary alicyclic amines) is 1. The Morgan fingerprint density at radius 1 is 1.39 bits per heavy atom. The van der Waals surface area contributed by atoms with Crippen molar-refractivity contribution in [3.05, 3.63) is 24.4 Å². The van der Waals surface area contributed by atoms with Crippen LogP contribution in [0.15, 0.2) is 24.4 Å². The van der Waals surface area contributed by atoms with Gasteiger partial charge < -0.3 is 19.1 Å². The minimum atomic E-state index is -0.573. The van der Waals surface area contributed by atoms with Gasteiger partial charge in [0.25, 0.3) is 0 Å². The number of esters is 2. The van der Waals surface area contributed by atoms with Crippen molar-refractivity contribution >= 4 is 11.9 Å². The number of rotatable bonds is 7. The van der Waals surface area contributed by atoms with Gasteiger partial charge in [0.05, 0.1) is 25.0 Å². The van der Waals surface area contributed by atoms with Gasteiger partial charge in [0.1, 0.15) is 12.1 Å². The predicted octanol–water partition coefficient (Wildman–Crippen LogP) is 2.05. The van der Waals surface area contributed by atoms with Gasteiger partial charge in [-0.2, -0.15) is 0 Å². The highest BCUT2D eigenvalue weighted by molar-refractivity contribution is 5.83. The van der Waals surface area contributed by atoms with E-state index >= 15 is 0 Å². The molecule has 1 unspecified atom stereocenters. The first-order valence-electron chi connectivity index (χ1n) is 7.84. The quantitative estimate of drug-likeness (QED) is 0.405. The van der Waals surface area contributed by atoms with Crippen LogP contribution in [0.3, 0.4) is 0 Å². The second kappa shape index (κ2) is 8.72. The molecule has 130 valence electrons. The molecule has 1 aliphatic heterocycles. The highest BCUT2D eigenvalue weighted by Crippen LogP contribution is 2.25. The number of hydrogen-bond acceptors (Lipinski definition) is 6. The van der Waals surface area contributed by atoms with Crippen LogP contribution in [0.5, 0.6) is 0 Å². The molecule has 1 atom stereocenters. The molecule has 1 heterocycles. The van der Waals surface area contributed by atoms with Gasteiger partial charge in [-0.25, -0.2) is 4.79 Å². The molecule has 0 amide bonds. The van der Waals surface area contributed by atoms with Gasteiger partial charge in [-0.15, -0.1) is 6.58 Å². The third-order valence-corrected chi connectivity index (χ3v) is 3.07. The van der Waals surface area contributed by atoms with Crippen LogP contribution in [-0.2, 0) is 23.8 Å². The van der Waals surface area contributed by atoms with E-state index in [1.165, 1.54) is 6.08 Å². The van der Waals surface area contributed by atoms with Crippen LogP contribution in [0.4, 0.5) is 0 Å². The topological polar surface area (TPSA) is 65.1 Å². The summed E-state index contributed by atoms with van der Waals surface area (Å²) in [5.41, 5.74) is 0.0741. The molecule has 0 bridgehead atoms. The fourth-order valence-corrected chi connectivity index (χ4v) is 2.28. The second-order valence-corrected chi connectivity index (χ2v) is 6.23. The molecule has 1 rings (SSSR count). The Hall–Kier alpha value is -1.82. The van der Waals surface area contributed by atoms with E-state index in [1.54, 1.807) is 38.7 Å². The standard InChI is InChI=1S/C17H27NO5/c1-6-10-22-14-8-9-18(12-16(20)21-7-2)13(14)11-15(19)23-17(3,4)5/h6,11,14H,1,7-10,12H2,2-5H3/b13-11+. The molecule has 6 nitrogen and oxygen atoms in total. The summed E-state index contributed by atoms with van der Waals surface area (Å²) in [5.74, 6) is -0.776. The van der Waals surface area contributed by atoms with Crippen LogP contribution < -0.4 is 0 Å². The predicted molar refractivity (Wildman–Crippen MR) is 86.7 cm³/mol. The van der Waals surface area contributed by atoms with Crippen LogP contribution in [0, 0.1) is 0 Å². The maximum atomic E-state index is 12.1. The van der Waals surface area contributed by atoms with Crippen molar-refractivity contribution in [1.29, 1.82) is 0 Å². The molecule has 0 aliphatic carbocycles. The van der Waals surface area contributed by atoms with Crippen molar-refractivity contribution < 1.29 is 23.8 Å². The molecule has 6 heteroatoms. The average Bonchev–Trinajstić information content (AvgIpc) is 2.77. The molecule has 0 aromatic carbocycles. The van der Waals surface area contributed by atoms with Gasteiger partial charge >= 0.3 is 11.9 Å². The summed E-state index contributed by atoms with van der Waals surface area (Å²) in [4.78, 5) is 25.6. The molecule has 0 N–H and O–H groups in total. The maximum absolute atomic E-state index is 12.1. The number of hydrogen-bond donors (Lipinski definition) is 0. The van der Waals surface area contributed by atoms with Crippen LogP contribution >= 0.6 is 0 Å². The fourth-order valence-electron chi connectivity index (χ4n) is 2.28. The lowest BCUT2D eigenvalue weighted by Gasteiger charge is -2.23. The lowest BCUT2D eigenvalue weighted by atomic mass is 10.2. The van der Waals surface area contributed by atoms with E-state index in [4.69, 9.17) is 14.2 Å². The normalized spacial score (nSPS) is 19.7. The van der Waals surface area contributed by atoms with E-state index in [-0.39, 0.29) is 18.6 Å². The summed E-state index contributed by atoms with van der Waals surface area (Å²) in [5, 5.41) is 0. The molecular weight excluding hydrogens is 298 g/mol. The summed E-state index contributed by atoms with van der Waals surface area (Å²) in [6.45, 7) is 12.2. The number of carbonyl (C=O) groups is 2. The third-order valence-electron chi connectivity index (χ3n) is 3.07. The van der Waals surface area contributed by atoms with E-state index in [9.17, 15) is 9.59 Å². The first-order valence-corrected chi connectivity index (χ1v) is 7.84. The first-order chi connectivity index (χ1) is 10.8. The summed E-state index contributed by atoms with van der Waals surface area (Å²) < 4.78 is 16.0. The molecule has 0 spiro atoms. The Labute approximate surface area is 138 Å². The van der Waals surface area contributed by atoms with Crippen molar-refractivity contribution in [3.8, 4) is 0 Å². The zero-order valence-electron chi connectivity index (χ0n) is 14.5. The zero-order valence-corrected chi connectivity index (χ0v) is 14.5. The van der Waals surface area contributed by atoms with Gasteiger partial charge in [-0.1, -0.05) is 6.08 Å². The minimum absolute atomic E-state index is 0.0937. The van der Waals surface area contributed by atoms with Crippen molar-refractivity contribution in [2.24, 2.45) is 0 Å². The summed E-state index contributed by atoms with van der Waals surface area (Å²) in [7, 11) is 0. The van der Waals surface area contributed by atoms with E-state index < -0.39 is 11.6 Å². The Morgan fingerprint density at radius 2 is 2.09 bits per heavy atom. The lowest BCUT2D eigenvalue weighted by molar-refractivity contribution is -0.149. The van der Waals surface area contributed by atoms with E-state index in [0.717, 1.165) is 0 Å². The van der Waals surface area contributed by atoms with Gasteiger partial charge in [-0.3, -0.25) is 4.79 Å². The van der Waals surface area contributed by atoms with Crippen LogP contribution in [0.1, 0.15) is 34.1 Å². The van der Waals surface area contributed by atoms with Crippen molar-refractivity contribution in [1.82, 2.24) is 4.90 Å². The molecule has 1 saturated heterocycles.